The Labute approximate surface area is 185 Å². The normalized spacial score (nSPS) is 16.8. The SMILES string of the molecule is CCC(C)N(CC(=O)N(Cc1ccco1)CC1CCCO1)C(=O)CCc1ccccc1. The van der Waals surface area contributed by atoms with E-state index in [9.17, 15) is 9.59 Å². The van der Waals surface area contributed by atoms with Crippen molar-refractivity contribution in [3.63, 3.8) is 0 Å². The predicted molar refractivity (Wildman–Crippen MR) is 119 cm³/mol. The molecule has 0 radical (unpaired) electrons. The van der Waals surface area contributed by atoms with Crippen molar-refractivity contribution in [2.24, 2.45) is 0 Å². The number of aryl methyl sites for hydroxylation is 1. The minimum Gasteiger partial charge on any atom is -0.467 e. The summed E-state index contributed by atoms with van der Waals surface area (Å²) in [6, 6.07) is 13.7. The van der Waals surface area contributed by atoms with E-state index in [-0.39, 0.29) is 30.5 Å². The summed E-state index contributed by atoms with van der Waals surface area (Å²) in [6.45, 7) is 5.77. The van der Waals surface area contributed by atoms with E-state index in [4.69, 9.17) is 9.15 Å². The van der Waals surface area contributed by atoms with E-state index in [0.717, 1.165) is 37.2 Å². The van der Waals surface area contributed by atoms with Crippen LogP contribution in [-0.2, 0) is 27.3 Å². The van der Waals surface area contributed by atoms with Gasteiger partial charge >= 0.3 is 0 Å². The van der Waals surface area contributed by atoms with Crippen molar-refractivity contribution in [3.8, 4) is 0 Å². The molecule has 2 heterocycles. The van der Waals surface area contributed by atoms with E-state index in [1.54, 1.807) is 16.1 Å². The van der Waals surface area contributed by atoms with E-state index in [0.29, 0.717) is 25.9 Å². The van der Waals surface area contributed by atoms with E-state index < -0.39 is 0 Å². The molecule has 6 heteroatoms. The van der Waals surface area contributed by atoms with Crippen LogP contribution in [0.25, 0.3) is 0 Å². The van der Waals surface area contributed by atoms with Crippen molar-refractivity contribution in [3.05, 3.63) is 60.1 Å². The zero-order valence-corrected chi connectivity index (χ0v) is 18.7. The third-order valence-electron chi connectivity index (χ3n) is 5.95. The molecule has 1 fully saturated rings. The maximum Gasteiger partial charge on any atom is 0.242 e. The first kappa shape index (κ1) is 23.1. The van der Waals surface area contributed by atoms with Gasteiger partial charge in [-0.3, -0.25) is 9.59 Å². The monoisotopic (exact) mass is 426 g/mol. The van der Waals surface area contributed by atoms with Crippen molar-refractivity contribution in [1.82, 2.24) is 9.80 Å². The van der Waals surface area contributed by atoms with Crippen LogP contribution < -0.4 is 0 Å². The lowest BCUT2D eigenvalue weighted by Crippen LogP contribution is -2.47. The molecule has 1 saturated heterocycles. The molecule has 2 atom stereocenters. The van der Waals surface area contributed by atoms with Crippen LogP contribution in [0, 0.1) is 0 Å². The number of ether oxygens (including phenoxy) is 1. The highest BCUT2D eigenvalue weighted by molar-refractivity contribution is 5.85. The first-order valence-corrected chi connectivity index (χ1v) is 11.3. The number of carbonyl (C=O) groups is 2. The Morgan fingerprint density at radius 3 is 2.58 bits per heavy atom. The largest absolute Gasteiger partial charge is 0.467 e. The van der Waals surface area contributed by atoms with E-state index in [2.05, 4.69) is 0 Å². The smallest absolute Gasteiger partial charge is 0.242 e. The summed E-state index contributed by atoms with van der Waals surface area (Å²) < 4.78 is 11.2. The Morgan fingerprint density at radius 1 is 1.13 bits per heavy atom. The molecule has 0 N–H and O–H groups in total. The second-order valence-corrected chi connectivity index (χ2v) is 8.25. The van der Waals surface area contributed by atoms with Gasteiger partial charge in [0.25, 0.3) is 0 Å². The summed E-state index contributed by atoms with van der Waals surface area (Å²) in [6.07, 6.45) is 5.50. The fourth-order valence-corrected chi connectivity index (χ4v) is 3.87. The zero-order valence-electron chi connectivity index (χ0n) is 18.7. The Morgan fingerprint density at radius 2 is 1.94 bits per heavy atom. The quantitative estimate of drug-likeness (QED) is 0.544. The fourth-order valence-electron chi connectivity index (χ4n) is 3.87. The first-order chi connectivity index (χ1) is 15.1. The Kier molecular flexibility index (Phi) is 8.71. The molecule has 1 aliphatic rings. The third kappa shape index (κ3) is 6.96. The molecular formula is C25H34N2O4. The summed E-state index contributed by atoms with van der Waals surface area (Å²) >= 11 is 0. The molecule has 0 saturated carbocycles. The molecule has 1 aliphatic heterocycles. The number of hydrogen-bond acceptors (Lipinski definition) is 4. The molecule has 0 aliphatic carbocycles. The number of hydrogen-bond donors (Lipinski definition) is 0. The summed E-state index contributed by atoms with van der Waals surface area (Å²) in [7, 11) is 0. The van der Waals surface area contributed by atoms with Crippen molar-refractivity contribution in [2.75, 3.05) is 19.7 Å². The van der Waals surface area contributed by atoms with Crippen molar-refractivity contribution in [1.29, 1.82) is 0 Å². The Balaban J connectivity index is 1.65. The standard InChI is InChI=1S/C25H34N2O4/c1-3-20(2)27(24(28)14-13-21-9-5-4-6-10-21)19-25(29)26(17-22-11-7-15-30-22)18-23-12-8-16-31-23/h4-7,9-11,15,20,23H,3,8,12-14,16-19H2,1-2H3. The van der Waals surface area contributed by atoms with Crippen molar-refractivity contribution in [2.45, 2.75) is 64.6 Å². The molecule has 1 aromatic heterocycles. The molecule has 2 amide bonds. The third-order valence-corrected chi connectivity index (χ3v) is 5.95. The zero-order chi connectivity index (χ0) is 22.1. The summed E-state index contributed by atoms with van der Waals surface area (Å²) in [5, 5.41) is 0. The second-order valence-electron chi connectivity index (χ2n) is 8.25. The minimum atomic E-state index is -0.0692. The maximum absolute atomic E-state index is 13.3. The molecule has 0 bridgehead atoms. The number of furan rings is 1. The van der Waals surface area contributed by atoms with Crippen molar-refractivity contribution >= 4 is 11.8 Å². The Bertz CT molecular complexity index is 800. The topological polar surface area (TPSA) is 63.0 Å². The van der Waals surface area contributed by atoms with Gasteiger partial charge in [-0.25, -0.2) is 0 Å². The van der Waals surface area contributed by atoms with E-state index in [1.807, 2.05) is 56.3 Å². The van der Waals surface area contributed by atoms with Gasteiger partial charge in [0.2, 0.25) is 11.8 Å². The number of nitrogens with zero attached hydrogens (tertiary/aromatic N) is 2. The highest BCUT2D eigenvalue weighted by Gasteiger charge is 2.27. The average molecular weight is 427 g/mol. The molecule has 2 aromatic rings. The summed E-state index contributed by atoms with van der Waals surface area (Å²) in [5.74, 6) is 0.679. The molecule has 1 aromatic carbocycles. The highest BCUT2D eigenvalue weighted by Crippen LogP contribution is 2.17. The van der Waals surface area contributed by atoms with E-state index in [1.165, 1.54) is 0 Å². The van der Waals surface area contributed by atoms with Crippen LogP contribution in [0.15, 0.2) is 53.1 Å². The lowest BCUT2D eigenvalue weighted by molar-refractivity contribution is -0.143. The molecule has 2 unspecified atom stereocenters. The highest BCUT2D eigenvalue weighted by atomic mass is 16.5. The van der Waals surface area contributed by atoms with Gasteiger partial charge in [0.15, 0.2) is 0 Å². The average Bonchev–Trinajstić information content (AvgIpc) is 3.50. The van der Waals surface area contributed by atoms with Crippen molar-refractivity contribution < 1.29 is 18.7 Å². The number of amides is 2. The second kappa shape index (κ2) is 11.7. The number of rotatable bonds is 11. The Hall–Kier alpha value is -2.60. The lowest BCUT2D eigenvalue weighted by Gasteiger charge is -2.32. The number of benzene rings is 1. The summed E-state index contributed by atoms with van der Waals surface area (Å²) in [4.78, 5) is 29.9. The van der Waals surface area contributed by atoms with Crippen LogP contribution in [0.5, 0.6) is 0 Å². The molecule has 0 spiro atoms. The van der Waals surface area contributed by atoms with Crippen LogP contribution in [-0.4, -0.2) is 53.5 Å². The lowest BCUT2D eigenvalue weighted by atomic mass is 10.1. The van der Waals surface area contributed by atoms with Gasteiger partial charge in [0, 0.05) is 25.6 Å². The van der Waals surface area contributed by atoms with Gasteiger partial charge in [-0.2, -0.15) is 0 Å². The van der Waals surface area contributed by atoms with Crippen LogP contribution in [0.4, 0.5) is 0 Å². The van der Waals surface area contributed by atoms with Crippen LogP contribution in [0.1, 0.15) is 50.9 Å². The maximum atomic E-state index is 13.3. The van der Waals surface area contributed by atoms with Gasteiger partial charge in [0.1, 0.15) is 12.3 Å². The van der Waals surface area contributed by atoms with Gasteiger partial charge in [-0.1, -0.05) is 37.3 Å². The minimum absolute atomic E-state index is 0.000386. The van der Waals surface area contributed by atoms with Gasteiger partial charge < -0.3 is 19.0 Å². The number of carbonyl (C=O) groups excluding carboxylic acids is 2. The van der Waals surface area contributed by atoms with Crippen LogP contribution >= 0.6 is 0 Å². The van der Waals surface area contributed by atoms with E-state index >= 15 is 0 Å². The van der Waals surface area contributed by atoms with Crippen LogP contribution in [0.2, 0.25) is 0 Å². The molecule has 6 nitrogen and oxygen atoms in total. The molecule has 31 heavy (non-hydrogen) atoms. The van der Waals surface area contributed by atoms with Gasteiger partial charge in [-0.15, -0.1) is 0 Å². The first-order valence-electron chi connectivity index (χ1n) is 11.3. The molecule has 3 rings (SSSR count). The van der Waals surface area contributed by atoms with Crippen LogP contribution in [0.3, 0.4) is 0 Å². The summed E-state index contributed by atoms with van der Waals surface area (Å²) in [5.41, 5.74) is 1.13. The molecule has 168 valence electrons. The predicted octanol–water partition coefficient (Wildman–Crippen LogP) is 4.05. The van der Waals surface area contributed by atoms with Gasteiger partial charge in [0.05, 0.1) is 18.9 Å². The fraction of sp³-hybridized carbons (Fsp3) is 0.520. The van der Waals surface area contributed by atoms with Gasteiger partial charge in [-0.05, 0) is 50.3 Å². The molecular weight excluding hydrogens is 392 g/mol.